The summed E-state index contributed by atoms with van der Waals surface area (Å²) in [5.41, 5.74) is 0. The minimum atomic E-state index is -0.810. The first-order valence-corrected chi connectivity index (χ1v) is 30.1. The average molecular weight is 990 g/mol. The molecule has 0 amide bonds. The molecule has 0 aromatic carbocycles. The Morgan fingerprint density at radius 1 is 0.282 bits per heavy atom. The Labute approximate surface area is 439 Å². The molecule has 0 rings (SSSR count). The quantitative estimate of drug-likeness (QED) is 0.0261. The second-order valence-corrected chi connectivity index (χ2v) is 19.9. The van der Waals surface area contributed by atoms with Crippen molar-refractivity contribution in [3.05, 3.63) is 85.1 Å². The molecule has 6 heteroatoms. The Bertz CT molecular complexity index is 1370. The summed E-state index contributed by atoms with van der Waals surface area (Å²) in [5.74, 6) is -0.986. The molecule has 1 atom stereocenters. The van der Waals surface area contributed by atoms with Crippen LogP contribution in [0.25, 0.3) is 0 Å². The van der Waals surface area contributed by atoms with E-state index in [1.807, 2.05) is 6.08 Å². The van der Waals surface area contributed by atoms with Gasteiger partial charge in [0.15, 0.2) is 6.10 Å². The van der Waals surface area contributed by atoms with Gasteiger partial charge < -0.3 is 14.2 Å². The van der Waals surface area contributed by atoms with Gasteiger partial charge in [-0.2, -0.15) is 0 Å². The monoisotopic (exact) mass is 989 g/mol. The maximum Gasteiger partial charge on any atom is 0.306 e. The Balaban J connectivity index is 4.48. The Morgan fingerprint density at radius 3 is 0.930 bits per heavy atom. The summed E-state index contributed by atoms with van der Waals surface area (Å²) in [7, 11) is 0. The molecule has 0 aliphatic rings. The van der Waals surface area contributed by atoms with Crippen molar-refractivity contribution in [1.29, 1.82) is 0 Å². The zero-order chi connectivity index (χ0) is 51.4. The molecule has 6 nitrogen and oxygen atoms in total. The molecule has 0 aliphatic carbocycles. The van der Waals surface area contributed by atoms with Crippen molar-refractivity contribution in [3.63, 3.8) is 0 Å². The van der Waals surface area contributed by atoms with Crippen molar-refractivity contribution in [1.82, 2.24) is 0 Å². The van der Waals surface area contributed by atoms with E-state index < -0.39 is 6.10 Å². The maximum absolute atomic E-state index is 12.9. The molecular formula is C65H112O6. The van der Waals surface area contributed by atoms with Crippen LogP contribution in [0, 0.1) is 0 Å². The molecule has 0 heterocycles. The second-order valence-electron chi connectivity index (χ2n) is 19.9. The van der Waals surface area contributed by atoms with Crippen molar-refractivity contribution in [2.45, 2.75) is 297 Å². The van der Waals surface area contributed by atoms with E-state index in [-0.39, 0.29) is 37.5 Å². The molecule has 0 spiro atoms. The third-order valence-electron chi connectivity index (χ3n) is 12.9. The van der Waals surface area contributed by atoms with Crippen LogP contribution in [0.1, 0.15) is 290 Å². The largest absolute Gasteiger partial charge is 0.462 e. The van der Waals surface area contributed by atoms with Crippen LogP contribution < -0.4 is 0 Å². The number of carbonyl (C=O) groups excluding carboxylic acids is 3. The number of rotatable bonds is 54. The molecule has 0 aromatic heterocycles. The van der Waals surface area contributed by atoms with E-state index in [9.17, 15) is 14.4 Å². The van der Waals surface area contributed by atoms with Gasteiger partial charge in [0.25, 0.3) is 0 Å². The molecule has 71 heavy (non-hydrogen) atoms. The zero-order valence-electron chi connectivity index (χ0n) is 46.7. The van der Waals surface area contributed by atoms with Crippen LogP contribution >= 0.6 is 0 Å². The summed E-state index contributed by atoms with van der Waals surface area (Å²) in [6.07, 6.45) is 77.3. The molecule has 0 unspecified atom stereocenters. The summed E-state index contributed by atoms with van der Waals surface area (Å²) in [4.78, 5) is 38.2. The standard InChI is InChI=1S/C65H112O6/c1-4-7-10-13-16-19-22-25-28-30-32-34-37-40-43-46-49-52-55-58-64(67)70-61-62(60-69-63(66)57-54-51-48-45-42-39-36-27-24-21-18-15-12-9-6-3)71-65(68)59-56-53-50-47-44-41-38-35-33-31-29-26-23-20-17-14-11-8-5-2/h16,19,21,24-26,28-29,32,34,40,43,49,52,62H,4-15,17-18,20,22-23,27,30-31,33,35-39,41-42,44-48,50-51,53-61H2,1-3H3/b19-16-,24-21-,28-25-,29-26-,34-32-,43-40-,52-49-/t62-/m0/s1. The van der Waals surface area contributed by atoms with Crippen molar-refractivity contribution in [2.24, 2.45) is 0 Å². The van der Waals surface area contributed by atoms with E-state index in [0.717, 1.165) is 64.2 Å². The van der Waals surface area contributed by atoms with E-state index in [0.29, 0.717) is 19.3 Å². The molecular weight excluding hydrogens is 877 g/mol. The third kappa shape index (κ3) is 57.4. The van der Waals surface area contributed by atoms with E-state index in [1.165, 1.54) is 180 Å². The number of hydrogen-bond donors (Lipinski definition) is 0. The van der Waals surface area contributed by atoms with Crippen LogP contribution in [0.15, 0.2) is 85.1 Å². The number of carbonyl (C=O) groups is 3. The van der Waals surface area contributed by atoms with Crippen molar-refractivity contribution < 1.29 is 28.6 Å². The molecule has 0 N–H and O–H groups in total. The lowest BCUT2D eigenvalue weighted by Crippen LogP contribution is -2.30. The number of ether oxygens (including phenoxy) is 3. The highest BCUT2D eigenvalue weighted by molar-refractivity contribution is 5.71. The molecule has 0 radical (unpaired) electrons. The van der Waals surface area contributed by atoms with Gasteiger partial charge in [-0.3, -0.25) is 14.4 Å². The van der Waals surface area contributed by atoms with Gasteiger partial charge >= 0.3 is 17.9 Å². The van der Waals surface area contributed by atoms with E-state index in [1.54, 1.807) is 0 Å². The number of esters is 3. The predicted molar refractivity (Wildman–Crippen MR) is 307 cm³/mol. The average Bonchev–Trinajstić information content (AvgIpc) is 3.37. The zero-order valence-corrected chi connectivity index (χ0v) is 46.7. The van der Waals surface area contributed by atoms with E-state index in [2.05, 4.69) is 99.8 Å². The molecule has 408 valence electrons. The molecule has 0 aromatic rings. The van der Waals surface area contributed by atoms with Crippen LogP contribution in [0.2, 0.25) is 0 Å². The van der Waals surface area contributed by atoms with Gasteiger partial charge in [0.2, 0.25) is 0 Å². The van der Waals surface area contributed by atoms with Crippen LogP contribution in [-0.2, 0) is 28.6 Å². The van der Waals surface area contributed by atoms with Crippen LogP contribution in [-0.4, -0.2) is 37.2 Å². The van der Waals surface area contributed by atoms with Gasteiger partial charge in [-0.1, -0.05) is 247 Å². The number of unbranched alkanes of at least 4 members (excludes halogenated alkanes) is 29. The van der Waals surface area contributed by atoms with Crippen LogP contribution in [0.5, 0.6) is 0 Å². The SMILES string of the molecule is CCCCC/C=C\C/C=C\C/C=C\C/C=C\C/C=C\CCC(=O)OC[C@H](COC(=O)CCCCCCCCC/C=C\CCCCCC)OC(=O)CCCCCCCCCCC/C=C\CCCCCCCC. The predicted octanol–water partition coefficient (Wildman–Crippen LogP) is 20.3. The summed E-state index contributed by atoms with van der Waals surface area (Å²) in [6, 6.07) is 0. The van der Waals surface area contributed by atoms with Crippen molar-refractivity contribution in [3.8, 4) is 0 Å². The van der Waals surface area contributed by atoms with Gasteiger partial charge in [-0.25, -0.2) is 0 Å². The summed E-state index contributed by atoms with van der Waals surface area (Å²) in [6.45, 7) is 6.55. The highest BCUT2D eigenvalue weighted by Gasteiger charge is 2.19. The topological polar surface area (TPSA) is 78.9 Å². The van der Waals surface area contributed by atoms with Crippen LogP contribution in [0.3, 0.4) is 0 Å². The molecule has 0 saturated heterocycles. The smallest absolute Gasteiger partial charge is 0.306 e. The molecule has 0 aliphatic heterocycles. The molecule has 0 bridgehead atoms. The Morgan fingerprint density at radius 2 is 0.535 bits per heavy atom. The summed E-state index contributed by atoms with van der Waals surface area (Å²) in [5, 5.41) is 0. The fourth-order valence-corrected chi connectivity index (χ4v) is 8.30. The minimum Gasteiger partial charge on any atom is -0.462 e. The summed E-state index contributed by atoms with van der Waals surface area (Å²) >= 11 is 0. The highest BCUT2D eigenvalue weighted by Crippen LogP contribution is 2.15. The van der Waals surface area contributed by atoms with Gasteiger partial charge in [0.05, 0.1) is 0 Å². The lowest BCUT2D eigenvalue weighted by molar-refractivity contribution is -0.166. The van der Waals surface area contributed by atoms with E-state index >= 15 is 0 Å². The van der Waals surface area contributed by atoms with Crippen molar-refractivity contribution >= 4 is 17.9 Å². The number of hydrogen-bond acceptors (Lipinski definition) is 6. The maximum atomic E-state index is 12.9. The lowest BCUT2D eigenvalue weighted by atomic mass is 10.1. The third-order valence-corrected chi connectivity index (χ3v) is 12.9. The first-order chi connectivity index (χ1) is 35.0. The Hall–Kier alpha value is -3.41. The van der Waals surface area contributed by atoms with Gasteiger partial charge in [-0.05, 0) is 109 Å². The first-order valence-electron chi connectivity index (χ1n) is 30.1. The summed E-state index contributed by atoms with van der Waals surface area (Å²) < 4.78 is 16.8. The van der Waals surface area contributed by atoms with Gasteiger partial charge in [0, 0.05) is 19.3 Å². The molecule has 0 fully saturated rings. The Kier molecular flexibility index (Phi) is 56.3. The first kappa shape index (κ1) is 67.6. The van der Waals surface area contributed by atoms with Gasteiger partial charge in [0.1, 0.15) is 13.2 Å². The fourth-order valence-electron chi connectivity index (χ4n) is 8.30. The number of allylic oxidation sites excluding steroid dienone is 14. The second kappa shape index (κ2) is 59.2. The fraction of sp³-hybridized carbons (Fsp3) is 0.738. The van der Waals surface area contributed by atoms with Crippen LogP contribution in [0.4, 0.5) is 0 Å². The molecule has 0 saturated carbocycles. The highest BCUT2D eigenvalue weighted by atomic mass is 16.6. The van der Waals surface area contributed by atoms with E-state index in [4.69, 9.17) is 14.2 Å². The minimum absolute atomic E-state index is 0.102. The lowest BCUT2D eigenvalue weighted by Gasteiger charge is -2.18. The normalized spacial score (nSPS) is 12.7. The van der Waals surface area contributed by atoms with Crippen molar-refractivity contribution in [2.75, 3.05) is 13.2 Å². The van der Waals surface area contributed by atoms with Gasteiger partial charge in [-0.15, -0.1) is 0 Å².